The number of rotatable bonds is 5. The Morgan fingerprint density at radius 2 is 1.67 bits per heavy atom. The molecule has 4 N–H and O–H groups in total. The van der Waals surface area contributed by atoms with E-state index in [-0.39, 0.29) is 35.4 Å². The first-order valence-electron chi connectivity index (χ1n) is 5.85. The van der Waals surface area contributed by atoms with Crippen LogP contribution in [0.25, 0.3) is 0 Å². The van der Waals surface area contributed by atoms with Gasteiger partial charge in [0.25, 0.3) is 0 Å². The first-order chi connectivity index (χ1) is 8.04. The second-order valence-electron chi connectivity index (χ2n) is 4.24. The minimum Gasteiger partial charge on any atom is -0.370 e. The molecule has 0 aliphatic carbocycles. The van der Waals surface area contributed by atoms with Crippen molar-refractivity contribution in [3.63, 3.8) is 0 Å². The van der Waals surface area contributed by atoms with Crippen LogP contribution in [0, 0.1) is 0 Å². The summed E-state index contributed by atoms with van der Waals surface area (Å²) in [6, 6.07) is 7.92. The molecule has 102 valence electrons. The number of hydrogen-bond donors (Lipinski definition) is 2. The molecule has 0 unspecified atom stereocenters. The second-order valence-corrected chi connectivity index (χ2v) is 4.67. The second kappa shape index (κ2) is 7.84. The lowest BCUT2D eigenvalue weighted by Gasteiger charge is -2.30. The van der Waals surface area contributed by atoms with Crippen molar-refractivity contribution in [2.24, 2.45) is 16.5 Å². The summed E-state index contributed by atoms with van der Waals surface area (Å²) in [4.78, 5) is 4.18. The highest BCUT2D eigenvalue weighted by Gasteiger charge is 2.28. The van der Waals surface area contributed by atoms with E-state index < -0.39 is 0 Å². The molecule has 0 fully saturated rings. The zero-order chi connectivity index (χ0) is 12.9. The number of benzene rings is 1. The Morgan fingerprint density at radius 1 is 1.17 bits per heavy atom. The van der Waals surface area contributed by atoms with Gasteiger partial charge < -0.3 is 11.5 Å². The fraction of sp³-hybridized carbons (Fsp3) is 0.462. The fourth-order valence-corrected chi connectivity index (χ4v) is 2.15. The highest BCUT2D eigenvalue weighted by Crippen LogP contribution is 2.32. The summed E-state index contributed by atoms with van der Waals surface area (Å²) < 4.78 is 0. The number of guanidine groups is 1. The van der Waals surface area contributed by atoms with Gasteiger partial charge in [-0.25, -0.2) is 0 Å². The Balaban J connectivity index is 0.00000289. The first kappa shape index (κ1) is 17.5. The smallest absolute Gasteiger partial charge is 0.185 e. The van der Waals surface area contributed by atoms with Crippen LogP contribution in [0.3, 0.4) is 0 Å². The zero-order valence-electron chi connectivity index (χ0n) is 10.8. The standard InChI is InChI=1S/C13H20ClN3.HI/c1-3-13(4-2,9-17-12(15)16)10-5-7-11(14)8-6-10;/h5-8H,3-4,9H2,1-2H3,(H4,15,16,17);1H. The number of nitrogens with zero attached hydrogens (tertiary/aromatic N) is 1. The molecule has 0 amide bonds. The van der Waals surface area contributed by atoms with Crippen LogP contribution >= 0.6 is 35.6 Å². The molecule has 0 saturated carbocycles. The van der Waals surface area contributed by atoms with Crippen molar-refractivity contribution in [1.82, 2.24) is 0 Å². The zero-order valence-corrected chi connectivity index (χ0v) is 13.9. The fourth-order valence-electron chi connectivity index (χ4n) is 2.02. The average molecular weight is 382 g/mol. The molecule has 1 rings (SSSR count). The lowest BCUT2D eigenvalue weighted by molar-refractivity contribution is 0.408. The molecule has 0 atom stereocenters. The molecule has 1 aromatic rings. The Morgan fingerprint density at radius 3 is 2.06 bits per heavy atom. The molecule has 0 radical (unpaired) electrons. The molecular formula is C13H21ClIN3. The highest BCUT2D eigenvalue weighted by molar-refractivity contribution is 14.0. The summed E-state index contributed by atoms with van der Waals surface area (Å²) in [7, 11) is 0. The van der Waals surface area contributed by atoms with E-state index in [1.807, 2.05) is 12.1 Å². The van der Waals surface area contributed by atoms with Crippen LogP contribution < -0.4 is 11.5 Å². The number of aliphatic imine (C=N–C) groups is 1. The SMILES string of the molecule is CCC(CC)(CN=C(N)N)c1ccc(Cl)cc1.I. The lowest BCUT2D eigenvalue weighted by Crippen LogP contribution is -2.31. The summed E-state index contributed by atoms with van der Waals surface area (Å²) in [5.41, 5.74) is 12.1. The Hall–Kier alpha value is -0.490. The number of halogens is 2. The van der Waals surface area contributed by atoms with E-state index in [0.717, 1.165) is 17.9 Å². The van der Waals surface area contributed by atoms with Crippen molar-refractivity contribution in [1.29, 1.82) is 0 Å². The van der Waals surface area contributed by atoms with Gasteiger partial charge in [0.05, 0.1) is 6.54 Å². The maximum absolute atomic E-state index is 5.91. The maximum Gasteiger partial charge on any atom is 0.185 e. The van der Waals surface area contributed by atoms with Crippen molar-refractivity contribution >= 4 is 41.5 Å². The van der Waals surface area contributed by atoms with Crippen LogP contribution in [0.5, 0.6) is 0 Å². The number of nitrogens with two attached hydrogens (primary N) is 2. The molecule has 0 aromatic heterocycles. The monoisotopic (exact) mass is 381 g/mol. The third kappa shape index (κ3) is 4.31. The largest absolute Gasteiger partial charge is 0.370 e. The molecule has 0 bridgehead atoms. The summed E-state index contributed by atoms with van der Waals surface area (Å²) in [6.07, 6.45) is 1.98. The predicted molar refractivity (Wildman–Crippen MR) is 89.8 cm³/mol. The molecule has 0 saturated heterocycles. The minimum atomic E-state index is -0.00538. The van der Waals surface area contributed by atoms with Crippen molar-refractivity contribution in [2.45, 2.75) is 32.1 Å². The van der Waals surface area contributed by atoms with Gasteiger partial charge in [-0.15, -0.1) is 24.0 Å². The molecule has 18 heavy (non-hydrogen) atoms. The third-order valence-corrected chi connectivity index (χ3v) is 3.63. The van der Waals surface area contributed by atoms with Gasteiger partial charge in [-0.3, -0.25) is 4.99 Å². The summed E-state index contributed by atoms with van der Waals surface area (Å²) in [5.74, 6) is 0.144. The maximum atomic E-state index is 5.91. The topological polar surface area (TPSA) is 64.4 Å². The van der Waals surface area contributed by atoms with E-state index in [1.54, 1.807) is 0 Å². The van der Waals surface area contributed by atoms with Crippen LogP contribution in [0.2, 0.25) is 5.02 Å². The van der Waals surface area contributed by atoms with Gasteiger partial charge in [0.2, 0.25) is 0 Å². The third-order valence-electron chi connectivity index (χ3n) is 3.37. The average Bonchev–Trinajstić information content (AvgIpc) is 2.32. The molecular weight excluding hydrogens is 361 g/mol. The number of hydrogen-bond acceptors (Lipinski definition) is 1. The van der Waals surface area contributed by atoms with E-state index >= 15 is 0 Å². The van der Waals surface area contributed by atoms with Crippen molar-refractivity contribution in [2.75, 3.05) is 6.54 Å². The Bertz CT molecular complexity index is 382. The van der Waals surface area contributed by atoms with E-state index in [2.05, 4.69) is 31.0 Å². The first-order valence-corrected chi connectivity index (χ1v) is 6.23. The molecule has 0 aliphatic heterocycles. The lowest BCUT2D eigenvalue weighted by atomic mass is 9.76. The molecule has 0 aliphatic rings. The van der Waals surface area contributed by atoms with Gasteiger partial charge in [0, 0.05) is 10.4 Å². The Kier molecular flexibility index (Phi) is 7.62. The van der Waals surface area contributed by atoms with E-state index in [4.69, 9.17) is 23.1 Å². The molecule has 1 aromatic carbocycles. The van der Waals surface area contributed by atoms with Crippen molar-refractivity contribution in [3.05, 3.63) is 34.9 Å². The summed E-state index contributed by atoms with van der Waals surface area (Å²) >= 11 is 5.91. The van der Waals surface area contributed by atoms with Crippen LogP contribution in [0.1, 0.15) is 32.3 Å². The Labute approximate surface area is 131 Å². The van der Waals surface area contributed by atoms with Gasteiger partial charge in [0.1, 0.15) is 0 Å². The van der Waals surface area contributed by atoms with Gasteiger partial charge in [0.15, 0.2) is 5.96 Å². The van der Waals surface area contributed by atoms with E-state index in [1.165, 1.54) is 5.56 Å². The molecule has 0 heterocycles. The van der Waals surface area contributed by atoms with Crippen LogP contribution in [-0.2, 0) is 5.41 Å². The van der Waals surface area contributed by atoms with E-state index in [0.29, 0.717) is 6.54 Å². The van der Waals surface area contributed by atoms with Crippen LogP contribution in [0.15, 0.2) is 29.3 Å². The normalized spacial score (nSPS) is 10.6. The quantitative estimate of drug-likeness (QED) is 0.467. The minimum absolute atomic E-state index is 0. The van der Waals surface area contributed by atoms with Gasteiger partial charge in [-0.05, 0) is 30.5 Å². The van der Waals surface area contributed by atoms with Crippen molar-refractivity contribution in [3.8, 4) is 0 Å². The van der Waals surface area contributed by atoms with Gasteiger partial charge in [-0.2, -0.15) is 0 Å². The van der Waals surface area contributed by atoms with Crippen molar-refractivity contribution < 1.29 is 0 Å². The molecule has 5 heteroatoms. The highest BCUT2D eigenvalue weighted by atomic mass is 127. The molecule has 3 nitrogen and oxygen atoms in total. The summed E-state index contributed by atoms with van der Waals surface area (Å²) in [6.45, 7) is 4.92. The van der Waals surface area contributed by atoms with Gasteiger partial charge in [-0.1, -0.05) is 37.6 Å². The van der Waals surface area contributed by atoms with Crippen LogP contribution in [-0.4, -0.2) is 12.5 Å². The predicted octanol–water partition coefficient (Wildman–Crippen LogP) is 3.29. The molecule has 0 spiro atoms. The summed E-state index contributed by atoms with van der Waals surface area (Å²) in [5, 5.41) is 0.747. The van der Waals surface area contributed by atoms with Gasteiger partial charge >= 0.3 is 0 Å². The van der Waals surface area contributed by atoms with E-state index in [9.17, 15) is 0 Å². The van der Waals surface area contributed by atoms with Crippen LogP contribution in [0.4, 0.5) is 0 Å².